The number of morpholine rings is 1. The van der Waals surface area contributed by atoms with Gasteiger partial charge in [0.2, 0.25) is 20.0 Å². The minimum Gasteiger partial charge on any atom is -0.379 e. The molecular formula is C22H29N3O6S2. The first-order valence-corrected chi connectivity index (χ1v) is 13.6. The van der Waals surface area contributed by atoms with Gasteiger partial charge in [0.1, 0.15) is 0 Å². The van der Waals surface area contributed by atoms with E-state index in [1.54, 1.807) is 26.0 Å². The highest BCUT2D eigenvalue weighted by atomic mass is 32.2. The third kappa shape index (κ3) is 5.98. The normalized spacial score (nSPS) is 15.5. The quantitative estimate of drug-likeness (QED) is 0.579. The van der Waals surface area contributed by atoms with Crippen LogP contribution in [-0.2, 0) is 31.2 Å². The Morgan fingerprint density at radius 1 is 1.03 bits per heavy atom. The number of anilines is 1. The molecule has 0 atom stereocenters. The zero-order valence-corrected chi connectivity index (χ0v) is 20.5. The Bertz CT molecular complexity index is 1200. The van der Waals surface area contributed by atoms with Crippen LogP contribution in [0.3, 0.4) is 0 Å². The molecular weight excluding hydrogens is 466 g/mol. The summed E-state index contributed by atoms with van der Waals surface area (Å²) in [5.41, 5.74) is 1.21. The maximum atomic E-state index is 13.2. The van der Waals surface area contributed by atoms with E-state index in [0.717, 1.165) is 0 Å². The first-order chi connectivity index (χ1) is 15.5. The lowest BCUT2D eigenvalue weighted by Crippen LogP contribution is -2.41. The summed E-state index contributed by atoms with van der Waals surface area (Å²) in [6, 6.07) is 10.1. The molecule has 0 bridgehead atoms. The topological polar surface area (TPSA) is 122 Å². The molecule has 9 nitrogen and oxygen atoms in total. The number of amides is 1. The molecule has 33 heavy (non-hydrogen) atoms. The lowest BCUT2D eigenvalue weighted by atomic mass is 10.1. The van der Waals surface area contributed by atoms with Crippen molar-refractivity contribution in [3.05, 3.63) is 53.6 Å². The van der Waals surface area contributed by atoms with E-state index in [2.05, 4.69) is 10.0 Å². The summed E-state index contributed by atoms with van der Waals surface area (Å²) in [5, 5.41) is 2.69. The number of sulfonamides is 2. The predicted molar refractivity (Wildman–Crippen MR) is 125 cm³/mol. The smallest absolute Gasteiger partial charge is 0.255 e. The molecule has 1 fully saturated rings. The molecule has 0 unspecified atom stereocenters. The van der Waals surface area contributed by atoms with E-state index in [1.165, 1.54) is 34.6 Å². The Morgan fingerprint density at radius 3 is 2.24 bits per heavy atom. The maximum Gasteiger partial charge on any atom is 0.255 e. The average molecular weight is 496 g/mol. The van der Waals surface area contributed by atoms with Gasteiger partial charge in [0.25, 0.3) is 5.91 Å². The van der Waals surface area contributed by atoms with Crippen LogP contribution >= 0.6 is 0 Å². The second-order valence-electron chi connectivity index (χ2n) is 7.95. The lowest BCUT2D eigenvalue weighted by Gasteiger charge is -2.27. The van der Waals surface area contributed by atoms with Gasteiger partial charge in [-0.15, -0.1) is 0 Å². The molecule has 1 heterocycles. The molecule has 1 aliphatic rings. The van der Waals surface area contributed by atoms with Crippen molar-refractivity contribution >= 4 is 31.6 Å². The SMILES string of the molecule is CCc1ccc(C(=O)Nc2ccc(S(=O)(=O)NC(C)C)cc2)cc1S(=O)(=O)N1CCOCC1. The Labute approximate surface area is 195 Å². The highest BCUT2D eigenvalue weighted by molar-refractivity contribution is 7.89. The highest BCUT2D eigenvalue weighted by Gasteiger charge is 2.29. The van der Waals surface area contributed by atoms with Crippen LogP contribution in [0.15, 0.2) is 52.3 Å². The minimum atomic E-state index is -3.77. The van der Waals surface area contributed by atoms with Crippen molar-refractivity contribution in [2.45, 2.75) is 43.0 Å². The molecule has 0 aromatic heterocycles. The number of nitrogens with zero attached hydrogens (tertiary/aromatic N) is 1. The van der Waals surface area contributed by atoms with Crippen LogP contribution in [0.5, 0.6) is 0 Å². The molecule has 1 amide bonds. The number of hydrogen-bond donors (Lipinski definition) is 2. The van der Waals surface area contributed by atoms with Crippen LogP contribution < -0.4 is 10.0 Å². The molecule has 0 spiro atoms. The predicted octanol–water partition coefficient (Wildman–Crippen LogP) is 2.21. The Hall–Kier alpha value is -2.31. The fraction of sp³-hybridized carbons (Fsp3) is 0.409. The molecule has 0 saturated carbocycles. The van der Waals surface area contributed by atoms with Crippen LogP contribution in [0.4, 0.5) is 5.69 Å². The van der Waals surface area contributed by atoms with E-state index in [9.17, 15) is 21.6 Å². The van der Waals surface area contributed by atoms with Crippen LogP contribution in [0.25, 0.3) is 0 Å². The molecule has 2 aromatic rings. The standard InChI is InChI=1S/C22H29N3O6S2/c1-4-17-5-6-18(15-21(17)33(29,30)25-11-13-31-14-12-25)22(26)23-19-7-9-20(10-8-19)32(27,28)24-16(2)3/h5-10,15-16,24H,4,11-14H2,1-3H3,(H,23,26). The number of rotatable bonds is 8. The van der Waals surface area contributed by atoms with Gasteiger partial charge in [-0.25, -0.2) is 21.6 Å². The van der Waals surface area contributed by atoms with Crippen molar-refractivity contribution in [2.75, 3.05) is 31.6 Å². The summed E-state index contributed by atoms with van der Waals surface area (Å²) >= 11 is 0. The molecule has 1 aliphatic heterocycles. The van der Waals surface area contributed by atoms with E-state index >= 15 is 0 Å². The first kappa shape index (κ1) is 25.3. The lowest BCUT2D eigenvalue weighted by molar-refractivity contribution is 0.0730. The van der Waals surface area contributed by atoms with Crippen molar-refractivity contribution in [3.8, 4) is 0 Å². The summed E-state index contributed by atoms with van der Waals surface area (Å²) in [7, 11) is -7.41. The van der Waals surface area contributed by atoms with Gasteiger partial charge in [-0.1, -0.05) is 13.0 Å². The Balaban J connectivity index is 1.82. The van der Waals surface area contributed by atoms with Crippen LogP contribution in [0.1, 0.15) is 36.7 Å². The molecule has 0 aliphatic carbocycles. The fourth-order valence-electron chi connectivity index (χ4n) is 3.45. The number of carbonyl (C=O) groups excluding carboxylic acids is 1. The molecule has 1 saturated heterocycles. The van der Waals surface area contributed by atoms with Gasteiger partial charge in [0.05, 0.1) is 23.0 Å². The second kappa shape index (κ2) is 10.3. The van der Waals surface area contributed by atoms with Gasteiger partial charge >= 0.3 is 0 Å². The van der Waals surface area contributed by atoms with Gasteiger partial charge in [-0.2, -0.15) is 4.31 Å². The van der Waals surface area contributed by atoms with Crippen molar-refractivity contribution in [2.24, 2.45) is 0 Å². The number of benzene rings is 2. The molecule has 2 N–H and O–H groups in total. The van der Waals surface area contributed by atoms with Crippen molar-refractivity contribution in [1.29, 1.82) is 0 Å². The summed E-state index contributed by atoms with van der Waals surface area (Å²) in [5.74, 6) is -0.494. The number of ether oxygens (including phenoxy) is 1. The van der Waals surface area contributed by atoms with Crippen LogP contribution in [0, 0.1) is 0 Å². The van der Waals surface area contributed by atoms with E-state index in [0.29, 0.717) is 30.9 Å². The van der Waals surface area contributed by atoms with Crippen LogP contribution in [0.2, 0.25) is 0 Å². The largest absolute Gasteiger partial charge is 0.379 e. The van der Waals surface area contributed by atoms with Gasteiger partial charge in [0.15, 0.2) is 0 Å². The van der Waals surface area contributed by atoms with Crippen molar-refractivity contribution < 1.29 is 26.4 Å². The molecule has 0 radical (unpaired) electrons. The van der Waals surface area contributed by atoms with Crippen molar-refractivity contribution in [3.63, 3.8) is 0 Å². The zero-order valence-electron chi connectivity index (χ0n) is 18.9. The number of hydrogen-bond acceptors (Lipinski definition) is 6. The van der Waals surface area contributed by atoms with E-state index in [1.807, 2.05) is 6.92 Å². The van der Waals surface area contributed by atoms with Crippen LogP contribution in [-0.4, -0.2) is 59.4 Å². The monoisotopic (exact) mass is 495 g/mol. The van der Waals surface area contributed by atoms with E-state index in [4.69, 9.17) is 4.74 Å². The van der Waals surface area contributed by atoms with Gasteiger partial charge in [0, 0.05) is 30.4 Å². The Kier molecular flexibility index (Phi) is 7.91. The second-order valence-corrected chi connectivity index (χ2v) is 11.6. The number of carbonyl (C=O) groups is 1. The summed E-state index contributed by atoms with van der Waals surface area (Å²) in [4.78, 5) is 13.0. The fourth-order valence-corrected chi connectivity index (χ4v) is 6.43. The van der Waals surface area contributed by atoms with Gasteiger partial charge < -0.3 is 10.1 Å². The average Bonchev–Trinajstić information content (AvgIpc) is 2.78. The summed E-state index contributed by atoms with van der Waals surface area (Å²) < 4.78 is 60.0. The molecule has 3 rings (SSSR count). The summed E-state index contributed by atoms with van der Waals surface area (Å²) in [6.07, 6.45) is 0.501. The maximum absolute atomic E-state index is 13.2. The van der Waals surface area contributed by atoms with Gasteiger partial charge in [-0.3, -0.25) is 4.79 Å². The molecule has 180 valence electrons. The molecule has 11 heteroatoms. The molecule has 2 aromatic carbocycles. The summed E-state index contributed by atoms with van der Waals surface area (Å²) in [6.45, 7) is 6.51. The van der Waals surface area contributed by atoms with E-state index in [-0.39, 0.29) is 34.5 Å². The Morgan fingerprint density at radius 2 is 1.67 bits per heavy atom. The number of aryl methyl sites for hydroxylation is 1. The first-order valence-electron chi connectivity index (χ1n) is 10.7. The van der Waals surface area contributed by atoms with Gasteiger partial charge in [-0.05, 0) is 62.2 Å². The van der Waals surface area contributed by atoms with E-state index < -0.39 is 26.0 Å². The zero-order chi connectivity index (χ0) is 24.2. The van der Waals surface area contributed by atoms with Crippen molar-refractivity contribution in [1.82, 2.24) is 9.03 Å². The third-order valence-electron chi connectivity index (χ3n) is 5.11. The minimum absolute atomic E-state index is 0.0837. The number of nitrogens with one attached hydrogen (secondary N) is 2. The third-order valence-corrected chi connectivity index (χ3v) is 8.77. The highest BCUT2D eigenvalue weighted by Crippen LogP contribution is 2.24.